The van der Waals surface area contributed by atoms with Crippen molar-refractivity contribution in [2.45, 2.75) is 6.92 Å². The van der Waals surface area contributed by atoms with Crippen molar-refractivity contribution in [2.75, 3.05) is 12.4 Å². The van der Waals surface area contributed by atoms with Crippen molar-refractivity contribution in [3.05, 3.63) is 40.0 Å². The molecule has 0 fully saturated rings. The molecule has 1 heterocycles. The zero-order valence-electron chi connectivity index (χ0n) is 9.46. The maximum Gasteiger partial charge on any atom is 0.223 e. The molecule has 5 heteroatoms. The Balaban J connectivity index is 2.59. The van der Waals surface area contributed by atoms with Crippen molar-refractivity contribution in [3.8, 4) is 11.3 Å². The monoisotopic (exact) mass is 267 g/mol. The fraction of sp³-hybridized carbons (Fsp3) is 0.167. The summed E-state index contributed by atoms with van der Waals surface area (Å²) in [5, 5.41) is 4.16. The van der Waals surface area contributed by atoms with Gasteiger partial charge in [0.05, 0.1) is 10.7 Å². The summed E-state index contributed by atoms with van der Waals surface area (Å²) in [6.07, 6.45) is 0. The highest BCUT2D eigenvalue weighted by Crippen LogP contribution is 2.29. The smallest absolute Gasteiger partial charge is 0.223 e. The zero-order chi connectivity index (χ0) is 12.4. The summed E-state index contributed by atoms with van der Waals surface area (Å²) in [6.45, 7) is 1.91. The van der Waals surface area contributed by atoms with Gasteiger partial charge in [-0.25, -0.2) is 9.97 Å². The van der Waals surface area contributed by atoms with E-state index in [1.807, 2.05) is 13.0 Å². The van der Waals surface area contributed by atoms with Gasteiger partial charge >= 0.3 is 0 Å². The molecule has 0 bridgehead atoms. The number of hydrogen-bond acceptors (Lipinski definition) is 3. The Hall–Kier alpha value is -1.32. The van der Waals surface area contributed by atoms with E-state index in [9.17, 15) is 0 Å². The summed E-state index contributed by atoms with van der Waals surface area (Å²) < 4.78 is 0. The van der Waals surface area contributed by atoms with Crippen LogP contribution < -0.4 is 5.32 Å². The van der Waals surface area contributed by atoms with Gasteiger partial charge < -0.3 is 5.32 Å². The third kappa shape index (κ3) is 2.68. The van der Waals surface area contributed by atoms with Gasteiger partial charge in [0.1, 0.15) is 0 Å². The highest BCUT2D eigenvalue weighted by atomic mass is 35.5. The van der Waals surface area contributed by atoms with Crippen LogP contribution in [0.25, 0.3) is 11.3 Å². The average molecular weight is 268 g/mol. The van der Waals surface area contributed by atoms with E-state index in [1.54, 1.807) is 25.2 Å². The van der Waals surface area contributed by atoms with Gasteiger partial charge in [-0.1, -0.05) is 23.2 Å². The Labute approximate surface area is 110 Å². The third-order valence-electron chi connectivity index (χ3n) is 2.28. The Morgan fingerprint density at radius 1 is 1.12 bits per heavy atom. The summed E-state index contributed by atoms with van der Waals surface area (Å²) in [5.74, 6) is 0.566. The molecule has 0 aliphatic carbocycles. The number of halogens is 2. The Morgan fingerprint density at radius 2 is 1.88 bits per heavy atom. The minimum absolute atomic E-state index is 0.566. The third-order valence-corrected chi connectivity index (χ3v) is 2.85. The highest BCUT2D eigenvalue weighted by Gasteiger charge is 2.08. The van der Waals surface area contributed by atoms with Crippen molar-refractivity contribution in [2.24, 2.45) is 0 Å². The molecular formula is C12H11Cl2N3. The average Bonchev–Trinajstić information content (AvgIpc) is 2.31. The number of nitrogens with zero attached hydrogens (tertiary/aromatic N) is 2. The first-order chi connectivity index (χ1) is 8.10. The van der Waals surface area contributed by atoms with Gasteiger partial charge in [0.25, 0.3) is 0 Å². The van der Waals surface area contributed by atoms with Gasteiger partial charge in [-0.15, -0.1) is 0 Å². The molecule has 2 rings (SSSR count). The van der Waals surface area contributed by atoms with Crippen LogP contribution in [0.15, 0.2) is 24.3 Å². The number of aryl methyl sites for hydroxylation is 1. The molecule has 1 aromatic heterocycles. The number of hydrogen-bond donors (Lipinski definition) is 1. The lowest BCUT2D eigenvalue weighted by Gasteiger charge is -2.07. The normalized spacial score (nSPS) is 10.4. The van der Waals surface area contributed by atoms with E-state index in [-0.39, 0.29) is 0 Å². The fourth-order valence-corrected chi connectivity index (χ4v) is 1.90. The molecule has 0 saturated carbocycles. The molecular weight excluding hydrogens is 257 g/mol. The molecule has 0 aliphatic heterocycles. The molecule has 1 N–H and O–H groups in total. The number of anilines is 1. The first kappa shape index (κ1) is 12.1. The van der Waals surface area contributed by atoms with Gasteiger partial charge in [-0.2, -0.15) is 0 Å². The van der Waals surface area contributed by atoms with E-state index in [0.29, 0.717) is 16.0 Å². The predicted octanol–water partition coefficient (Wildman–Crippen LogP) is 3.80. The van der Waals surface area contributed by atoms with Crippen molar-refractivity contribution in [3.63, 3.8) is 0 Å². The van der Waals surface area contributed by atoms with Crippen LogP contribution in [-0.2, 0) is 0 Å². The van der Waals surface area contributed by atoms with Crippen LogP contribution in [-0.4, -0.2) is 17.0 Å². The van der Waals surface area contributed by atoms with Crippen LogP contribution in [0.2, 0.25) is 10.0 Å². The maximum absolute atomic E-state index is 6.14. The number of rotatable bonds is 2. The van der Waals surface area contributed by atoms with E-state index in [2.05, 4.69) is 15.3 Å². The number of aromatic nitrogens is 2. The summed E-state index contributed by atoms with van der Waals surface area (Å²) in [5.41, 5.74) is 2.44. The first-order valence-electron chi connectivity index (χ1n) is 5.09. The first-order valence-corrected chi connectivity index (χ1v) is 5.84. The zero-order valence-corrected chi connectivity index (χ0v) is 11.0. The topological polar surface area (TPSA) is 37.8 Å². The Kier molecular flexibility index (Phi) is 3.50. The lowest BCUT2D eigenvalue weighted by atomic mass is 10.1. The summed E-state index contributed by atoms with van der Waals surface area (Å²) in [6, 6.07) is 7.18. The van der Waals surface area contributed by atoms with Crippen LogP contribution >= 0.6 is 23.2 Å². The Bertz CT molecular complexity index is 555. The molecule has 0 spiro atoms. The quantitative estimate of drug-likeness (QED) is 0.900. The van der Waals surface area contributed by atoms with Gasteiger partial charge in [0.15, 0.2) is 0 Å². The second-order valence-electron chi connectivity index (χ2n) is 3.59. The van der Waals surface area contributed by atoms with E-state index in [0.717, 1.165) is 17.0 Å². The van der Waals surface area contributed by atoms with Crippen molar-refractivity contribution in [1.82, 2.24) is 9.97 Å². The van der Waals surface area contributed by atoms with Crippen LogP contribution in [0.5, 0.6) is 0 Å². The lowest BCUT2D eigenvalue weighted by molar-refractivity contribution is 1.10. The lowest BCUT2D eigenvalue weighted by Crippen LogP contribution is -1.99. The minimum atomic E-state index is 0.566. The molecule has 0 saturated heterocycles. The second-order valence-corrected chi connectivity index (χ2v) is 4.44. The summed E-state index contributed by atoms with van der Waals surface area (Å²) in [4.78, 5) is 8.59. The van der Waals surface area contributed by atoms with E-state index >= 15 is 0 Å². The predicted molar refractivity (Wildman–Crippen MR) is 71.8 cm³/mol. The SMILES string of the molecule is CNc1nc(C)cc(-c2cc(Cl)ccc2Cl)n1. The molecule has 2 aromatic rings. The van der Waals surface area contributed by atoms with E-state index in [1.165, 1.54) is 0 Å². The molecule has 1 aromatic carbocycles. The maximum atomic E-state index is 6.14. The van der Waals surface area contributed by atoms with E-state index in [4.69, 9.17) is 23.2 Å². The van der Waals surface area contributed by atoms with Crippen LogP contribution in [0.3, 0.4) is 0 Å². The fourth-order valence-electron chi connectivity index (χ4n) is 1.51. The van der Waals surface area contributed by atoms with Crippen molar-refractivity contribution < 1.29 is 0 Å². The largest absolute Gasteiger partial charge is 0.357 e. The van der Waals surface area contributed by atoms with Gasteiger partial charge in [-0.05, 0) is 31.2 Å². The van der Waals surface area contributed by atoms with Crippen LogP contribution in [0, 0.1) is 6.92 Å². The Morgan fingerprint density at radius 3 is 2.59 bits per heavy atom. The number of benzene rings is 1. The molecule has 0 atom stereocenters. The molecule has 0 radical (unpaired) electrons. The molecule has 3 nitrogen and oxygen atoms in total. The second kappa shape index (κ2) is 4.90. The molecule has 88 valence electrons. The van der Waals surface area contributed by atoms with E-state index < -0.39 is 0 Å². The van der Waals surface area contributed by atoms with Gasteiger partial charge in [0.2, 0.25) is 5.95 Å². The highest BCUT2D eigenvalue weighted by molar-refractivity contribution is 6.35. The van der Waals surface area contributed by atoms with Crippen molar-refractivity contribution >= 4 is 29.2 Å². The molecule has 0 unspecified atom stereocenters. The van der Waals surface area contributed by atoms with Crippen LogP contribution in [0.4, 0.5) is 5.95 Å². The molecule has 0 aliphatic rings. The van der Waals surface area contributed by atoms with Crippen molar-refractivity contribution in [1.29, 1.82) is 0 Å². The van der Waals surface area contributed by atoms with Crippen LogP contribution in [0.1, 0.15) is 5.69 Å². The summed E-state index contributed by atoms with van der Waals surface area (Å²) in [7, 11) is 1.78. The minimum Gasteiger partial charge on any atom is -0.357 e. The van der Waals surface area contributed by atoms with Gasteiger partial charge in [0, 0.05) is 23.3 Å². The summed E-state index contributed by atoms with van der Waals surface area (Å²) >= 11 is 12.1. The molecule has 17 heavy (non-hydrogen) atoms. The molecule has 0 amide bonds. The number of nitrogens with one attached hydrogen (secondary N) is 1. The standard InChI is InChI=1S/C12H11Cl2N3/c1-7-5-11(17-12(15-2)16-7)9-6-8(13)3-4-10(9)14/h3-6H,1-2H3,(H,15,16,17). The van der Waals surface area contributed by atoms with Gasteiger partial charge in [-0.3, -0.25) is 0 Å².